The molecule has 6 rings (SSSR count). The largest absolute Gasteiger partial charge is 0.453 e. The van der Waals surface area contributed by atoms with Crippen LogP contribution >= 0.6 is 0 Å². The Balaban J connectivity index is 1.46. The number of carbonyl (C=O) groups is 2. The molecule has 0 radical (unpaired) electrons. The van der Waals surface area contributed by atoms with Gasteiger partial charge in [-0.3, -0.25) is 0 Å². The van der Waals surface area contributed by atoms with E-state index in [9.17, 15) is 9.59 Å². The zero-order valence-electron chi connectivity index (χ0n) is 17.5. The van der Waals surface area contributed by atoms with Crippen LogP contribution in [0.4, 0.5) is 17.1 Å². The van der Waals surface area contributed by atoms with Gasteiger partial charge in [-0.1, -0.05) is 24.3 Å². The summed E-state index contributed by atoms with van der Waals surface area (Å²) < 4.78 is 17.2. The molecule has 4 aromatic carbocycles. The number of fused-ring (bicyclic) bond motifs is 4. The summed E-state index contributed by atoms with van der Waals surface area (Å²) in [4.78, 5) is 27.7. The van der Waals surface area contributed by atoms with E-state index < -0.39 is 11.9 Å². The van der Waals surface area contributed by atoms with Crippen molar-refractivity contribution in [3.05, 3.63) is 102 Å². The van der Waals surface area contributed by atoms with Gasteiger partial charge in [-0.05, 0) is 54.6 Å². The molecule has 0 aromatic heterocycles. The molecule has 162 valence electrons. The quantitative estimate of drug-likeness (QED) is 0.234. The lowest BCUT2D eigenvalue weighted by atomic mass is 10.0. The Kier molecular flexibility index (Phi) is 4.32. The number of ether oxygens (including phenoxy) is 3. The van der Waals surface area contributed by atoms with Gasteiger partial charge in [0.15, 0.2) is 23.0 Å². The van der Waals surface area contributed by atoms with Crippen LogP contribution in [0.15, 0.2) is 84.9 Å². The Labute approximate surface area is 194 Å². The second-order valence-electron chi connectivity index (χ2n) is 7.66. The fraction of sp³-hybridized carbons (Fsp3) is 0. The Morgan fingerprint density at radius 1 is 0.618 bits per heavy atom. The normalized spacial score (nSPS) is 13.4. The topological polar surface area (TPSA) is 88.9 Å². The van der Waals surface area contributed by atoms with Gasteiger partial charge >= 0.3 is 11.9 Å². The molecule has 7 heteroatoms. The van der Waals surface area contributed by atoms with E-state index in [1.165, 1.54) is 18.2 Å². The SMILES string of the molecule is N#Cc1ccc2c(c1)C(=O)Oc1ccc(N3c4ccccc4Oc4ccccc43)cc1OC2=O. The second-order valence-corrected chi connectivity index (χ2v) is 7.66. The summed E-state index contributed by atoms with van der Waals surface area (Å²) in [5.41, 5.74) is 2.56. The summed E-state index contributed by atoms with van der Waals surface area (Å²) in [5, 5.41) is 9.14. The number of para-hydroxylation sites is 4. The van der Waals surface area contributed by atoms with Crippen LogP contribution in [0.2, 0.25) is 0 Å². The van der Waals surface area contributed by atoms with Crippen molar-refractivity contribution in [2.75, 3.05) is 4.90 Å². The highest BCUT2D eigenvalue weighted by atomic mass is 16.6. The minimum absolute atomic E-state index is 0.0187. The minimum atomic E-state index is -0.736. The van der Waals surface area contributed by atoms with Crippen LogP contribution in [-0.4, -0.2) is 11.9 Å². The number of nitrogens with zero attached hydrogens (tertiary/aromatic N) is 2. The van der Waals surface area contributed by atoms with Crippen LogP contribution in [0, 0.1) is 11.3 Å². The van der Waals surface area contributed by atoms with Gasteiger partial charge in [-0.25, -0.2) is 9.59 Å². The first kappa shape index (κ1) is 19.6. The lowest BCUT2D eigenvalue weighted by Gasteiger charge is -2.33. The van der Waals surface area contributed by atoms with Crippen molar-refractivity contribution in [3.63, 3.8) is 0 Å². The van der Waals surface area contributed by atoms with Crippen LogP contribution < -0.4 is 19.1 Å². The van der Waals surface area contributed by atoms with Crippen LogP contribution in [0.1, 0.15) is 26.3 Å². The number of hydrogen-bond donors (Lipinski definition) is 0. The van der Waals surface area contributed by atoms with Crippen LogP contribution in [0.5, 0.6) is 23.0 Å². The molecule has 2 aliphatic heterocycles. The van der Waals surface area contributed by atoms with Crippen LogP contribution in [0.3, 0.4) is 0 Å². The summed E-state index contributed by atoms with van der Waals surface area (Å²) in [5.74, 6) is 0.117. The van der Waals surface area contributed by atoms with Crippen LogP contribution in [-0.2, 0) is 0 Å². The molecule has 0 unspecified atom stereocenters. The lowest BCUT2D eigenvalue weighted by molar-refractivity contribution is 0.0648. The molecule has 0 amide bonds. The molecule has 0 aliphatic carbocycles. The molecule has 34 heavy (non-hydrogen) atoms. The number of hydrogen-bond acceptors (Lipinski definition) is 7. The third-order valence-corrected chi connectivity index (χ3v) is 5.61. The predicted octanol–water partition coefficient (Wildman–Crippen LogP) is 5.89. The molecule has 0 N–H and O–H groups in total. The molecular weight excluding hydrogens is 432 g/mol. The standard InChI is InChI=1S/C27H14N2O5/c28-15-16-9-11-18-19(13-16)27(31)33-24-12-10-17(14-25(24)34-26(18)30)29-20-5-1-3-7-22(20)32-23-8-4-2-6-21(23)29/h1-14H. The van der Waals surface area contributed by atoms with E-state index in [1.807, 2.05) is 59.5 Å². The van der Waals surface area contributed by atoms with Gasteiger partial charge in [0.05, 0.1) is 39.8 Å². The maximum absolute atomic E-state index is 12.9. The number of rotatable bonds is 1. The lowest BCUT2D eigenvalue weighted by Crippen LogP contribution is -2.22. The van der Waals surface area contributed by atoms with Gasteiger partial charge in [0.2, 0.25) is 0 Å². The highest BCUT2D eigenvalue weighted by molar-refractivity contribution is 6.06. The number of esters is 2. The Hall–Kier alpha value is -5.09. The fourth-order valence-electron chi connectivity index (χ4n) is 4.05. The third-order valence-electron chi connectivity index (χ3n) is 5.61. The average molecular weight is 446 g/mol. The Bertz CT molecular complexity index is 1510. The van der Waals surface area contributed by atoms with E-state index in [0.29, 0.717) is 17.2 Å². The molecular formula is C27H14N2O5. The zero-order chi connectivity index (χ0) is 23.2. The van der Waals surface area contributed by atoms with Gasteiger partial charge in [0.1, 0.15) is 0 Å². The fourth-order valence-corrected chi connectivity index (χ4v) is 4.05. The minimum Gasteiger partial charge on any atom is -0.453 e. The molecule has 0 atom stereocenters. The number of carbonyl (C=O) groups excluding carboxylic acids is 2. The van der Waals surface area contributed by atoms with Gasteiger partial charge in [-0.15, -0.1) is 0 Å². The Morgan fingerprint density at radius 3 is 1.97 bits per heavy atom. The summed E-state index contributed by atoms with van der Waals surface area (Å²) in [6.07, 6.45) is 0. The zero-order valence-corrected chi connectivity index (χ0v) is 17.5. The van der Waals surface area contributed by atoms with Gasteiger partial charge in [-0.2, -0.15) is 5.26 Å². The predicted molar refractivity (Wildman–Crippen MR) is 122 cm³/mol. The van der Waals surface area contributed by atoms with Crippen molar-refractivity contribution in [1.82, 2.24) is 0 Å². The third kappa shape index (κ3) is 3.05. The summed E-state index contributed by atoms with van der Waals surface area (Å²) in [6.45, 7) is 0. The van der Waals surface area contributed by atoms with Gasteiger partial charge in [0.25, 0.3) is 0 Å². The van der Waals surface area contributed by atoms with Gasteiger partial charge < -0.3 is 19.1 Å². The molecule has 0 spiro atoms. The van der Waals surface area contributed by atoms with E-state index in [4.69, 9.17) is 19.5 Å². The highest BCUT2D eigenvalue weighted by Crippen LogP contribution is 2.51. The first-order valence-electron chi connectivity index (χ1n) is 10.4. The average Bonchev–Trinajstić information content (AvgIpc) is 2.87. The van der Waals surface area contributed by atoms with Crippen LogP contribution in [0.25, 0.3) is 0 Å². The molecule has 0 bridgehead atoms. The summed E-state index contributed by atoms with van der Waals surface area (Å²) >= 11 is 0. The summed E-state index contributed by atoms with van der Waals surface area (Å²) in [7, 11) is 0. The highest BCUT2D eigenvalue weighted by Gasteiger charge is 2.29. The van der Waals surface area contributed by atoms with Crippen molar-refractivity contribution < 1.29 is 23.8 Å². The van der Waals surface area contributed by atoms with E-state index in [-0.39, 0.29) is 28.2 Å². The van der Waals surface area contributed by atoms with Crippen molar-refractivity contribution in [3.8, 4) is 29.1 Å². The van der Waals surface area contributed by atoms with E-state index >= 15 is 0 Å². The summed E-state index contributed by atoms with van der Waals surface area (Å²) in [6, 6.07) is 26.3. The van der Waals surface area contributed by atoms with Crippen molar-refractivity contribution in [2.24, 2.45) is 0 Å². The van der Waals surface area contributed by atoms with Gasteiger partial charge in [0, 0.05) is 6.07 Å². The first-order chi connectivity index (χ1) is 16.6. The number of anilines is 3. The Morgan fingerprint density at radius 2 is 1.26 bits per heavy atom. The molecule has 7 nitrogen and oxygen atoms in total. The van der Waals surface area contributed by atoms with E-state index in [1.54, 1.807) is 18.2 Å². The van der Waals surface area contributed by atoms with Crippen molar-refractivity contribution in [1.29, 1.82) is 5.26 Å². The molecule has 2 aliphatic rings. The van der Waals surface area contributed by atoms with E-state index in [2.05, 4.69) is 0 Å². The monoisotopic (exact) mass is 446 g/mol. The maximum atomic E-state index is 12.9. The maximum Gasteiger partial charge on any atom is 0.344 e. The molecule has 0 saturated carbocycles. The van der Waals surface area contributed by atoms with Crippen molar-refractivity contribution >= 4 is 29.0 Å². The number of benzene rings is 4. The second kappa shape index (κ2) is 7.50. The molecule has 2 heterocycles. The molecule has 0 fully saturated rings. The smallest absolute Gasteiger partial charge is 0.344 e. The van der Waals surface area contributed by atoms with E-state index in [0.717, 1.165) is 11.4 Å². The van der Waals surface area contributed by atoms with Crippen molar-refractivity contribution in [2.45, 2.75) is 0 Å². The first-order valence-corrected chi connectivity index (χ1v) is 10.4. The number of nitriles is 1. The molecule has 0 saturated heterocycles. The molecule has 4 aromatic rings.